The van der Waals surface area contributed by atoms with Gasteiger partial charge in [0.15, 0.2) is 0 Å². The molecule has 4 rings (SSSR count). The van der Waals surface area contributed by atoms with E-state index >= 15 is 0 Å². The number of rotatable bonds is 4. The van der Waals surface area contributed by atoms with Crippen LogP contribution in [0.1, 0.15) is 0 Å². The molecule has 0 aliphatic rings. The van der Waals surface area contributed by atoms with Gasteiger partial charge in [-0.3, -0.25) is 0 Å². The molecule has 7 heteroatoms. The smallest absolute Gasteiger partial charge is 0.135 e. The fraction of sp³-hybridized carbons (Fsp3) is 0.118. The van der Waals surface area contributed by atoms with Gasteiger partial charge in [-0.2, -0.15) is 0 Å². The van der Waals surface area contributed by atoms with Gasteiger partial charge < -0.3 is 15.4 Å². The first kappa shape index (κ1) is 14.8. The molecule has 0 amide bonds. The minimum absolute atomic E-state index is 0.0461. The average Bonchev–Trinajstić information content (AvgIpc) is 3.20. The second-order valence-electron chi connectivity index (χ2n) is 5.31. The van der Waals surface area contributed by atoms with E-state index in [2.05, 4.69) is 15.0 Å². The number of nitrogens with zero attached hydrogens (tertiary/aromatic N) is 4. The van der Waals surface area contributed by atoms with Gasteiger partial charge in [0.05, 0.1) is 34.6 Å². The maximum Gasteiger partial charge on any atom is 0.135 e. The third-order valence-electron chi connectivity index (χ3n) is 3.82. The van der Waals surface area contributed by atoms with Crippen LogP contribution in [0.15, 0.2) is 49.1 Å². The van der Waals surface area contributed by atoms with Gasteiger partial charge in [0, 0.05) is 12.1 Å². The number of anilines is 1. The van der Waals surface area contributed by atoms with E-state index in [4.69, 9.17) is 5.73 Å². The van der Waals surface area contributed by atoms with Crippen LogP contribution in [0.25, 0.3) is 32.0 Å². The molecule has 0 saturated carbocycles. The summed E-state index contributed by atoms with van der Waals surface area (Å²) in [6.45, 7) is 0.523. The molecule has 4 aromatic rings. The number of nitrogen functional groups attached to an aromatic ring is 1. The van der Waals surface area contributed by atoms with Crippen LogP contribution in [0.5, 0.6) is 0 Å². The van der Waals surface area contributed by atoms with E-state index < -0.39 is 0 Å². The molecule has 3 N–H and O–H groups in total. The number of hydrogen-bond donors (Lipinski definition) is 2. The summed E-state index contributed by atoms with van der Waals surface area (Å²) in [5.74, 6) is 0.469. The number of aromatic nitrogens is 4. The standard InChI is InChI=1S/C17H15N5OS/c18-16-12-8-13(24-17(12)20-9-19-16)15-14(11-4-2-1-3-5-11)21-10-22(15)6-7-23/h1-5,8-10,23H,6-7H2,(H2,18,19,20). The topological polar surface area (TPSA) is 89.9 Å². The molecule has 0 saturated heterocycles. The second-order valence-corrected chi connectivity index (χ2v) is 6.34. The molecule has 6 nitrogen and oxygen atoms in total. The van der Waals surface area contributed by atoms with Crippen molar-refractivity contribution in [3.63, 3.8) is 0 Å². The van der Waals surface area contributed by atoms with Crippen molar-refractivity contribution in [1.82, 2.24) is 19.5 Å². The van der Waals surface area contributed by atoms with Crippen LogP contribution in [0.3, 0.4) is 0 Å². The molecule has 24 heavy (non-hydrogen) atoms. The van der Waals surface area contributed by atoms with Crippen LogP contribution in [0, 0.1) is 0 Å². The predicted molar refractivity (Wildman–Crippen MR) is 95.6 cm³/mol. The Kier molecular flexibility index (Phi) is 3.72. The van der Waals surface area contributed by atoms with Crippen molar-refractivity contribution in [2.45, 2.75) is 6.54 Å². The zero-order chi connectivity index (χ0) is 16.5. The molecule has 0 radical (unpaired) electrons. The van der Waals surface area contributed by atoms with Crippen LogP contribution in [-0.4, -0.2) is 31.2 Å². The Morgan fingerprint density at radius 3 is 2.71 bits per heavy atom. The number of hydrogen-bond acceptors (Lipinski definition) is 6. The number of nitrogens with two attached hydrogens (primary N) is 1. The van der Waals surface area contributed by atoms with Gasteiger partial charge in [-0.05, 0) is 6.07 Å². The van der Waals surface area contributed by atoms with Crippen molar-refractivity contribution in [3.8, 4) is 21.8 Å². The van der Waals surface area contributed by atoms with Crippen LogP contribution >= 0.6 is 11.3 Å². The molecule has 0 spiro atoms. The van der Waals surface area contributed by atoms with Gasteiger partial charge >= 0.3 is 0 Å². The van der Waals surface area contributed by atoms with E-state index in [9.17, 15) is 5.11 Å². The number of aliphatic hydroxyl groups excluding tert-OH is 1. The molecule has 0 unspecified atom stereocenters. The second kappa shape index (κ2) is 6.03. The first-order chi connectivity index (χ1) is 11.8. The van der Waals surface area contributed by atoms with Crippen LogP contribution in [0.2, 0.25) is 0 Å². The Balaban J connectivity index is 1.94. The fourth-order valence-corrected chi connectivity index (χ4v) is 3.78. The lowest BCUT2D eigenvalue weighted by molar-refractivity contribution is 0.276. The average molecular weight is 337 g/mol. The van der Waals surface area contributed by atoms with Crippen molar-refractivity contribution < 1.29 is 5.11 Å². The van der Waals surface area contributed by atoms with Gasteiger partial charge in [-0.25, -0.2) is 15.0 Å². The highest BCUT2D eigenvalue weighted by molar-refractivity contribution is 7.21. The van der Waals surface area contributed by atoms with Crippen LogP contribution in [-0.2, 0) is 6.54 Å². The summed E-state index contributed by atoms with van der Waals surface area (Å²) in [6, 6.07) is 12.0. The van der Waals surface area contributed by atoms with Crippen molar-refractivity contribution in [3.05, 3.63) is 49.1 Å². The minimum Gasteiger partial charge on any atom is -0.395 e. The molecule has 3 heterocycles. The first-order valence-electron chi connectivity index (χ1n) is 7.49. The van der Waals surface area contributed by atoms with E-state index in [-0.39, 0.29) is 6.61 Å². The zero-order valence-electron chi connectivity index (χ0n) is 12.8. The highest BCUT2D eigenvalue weighted by atomic mass is 32.1. The summed E-state index contributed by atoms with van der Waals surface area (Å²) in [5.41, 5.74) is 8.82. The molecular formula is C17H15N5OS. The normalized spacial score (nSPS) is 11.2. The monoisotopic (exact) mass is 337 g/mol. The molecule has 0 atom stereocenters. The van der Waals surface area contributed by atoms with Gasteiger partial charge in [0.2, 0.25) is 0 Å². The largest absolute Gasteiger partial charge is 0.395 e. The summed E-state index contributed by atoms with van der Waals surface area (Å²) < 4.78 is 1.96. The molecular weight excluding hydrogens is 322 g/mol. The Hall–Kier alpha value is -2.77. The summed E-state index contributed by atoms with van der Waals surface area (Å²) in [6.07, 6.45) is 3.23. The lowest BCUT2D eigenvalue weighted by atomic mass is 10.1. The fourth-order valence-electron chi connectivity index (χ4n) is 2.72. The van der Waals surface area contributed by atoms with Crippen LogP contribution in [0.4, 0.5) is 5.82 Å². The third-order valence-corrected chi connectivity index (χ3v) is 4.87. The summed E-state index contributed by atoms with van der Waals surface area (Å²) in [4.78, 5) is 14.8. The number of thiophene rings is 1. The lowest BCUT2D eigenvalue weighted by Crippen LogP contribution is -2.02. The molecule has 0 aliphatic carbocycles. The quantitative estimate of drug-likeness (QED) is 0.598. The molecule has 1 aromatic carbocycles. The Labute approximate surface area is 142 Å². The number of aliphatic hydroxyl groups is 1. The van der Waals surface area contributed by atoms with Crippen molar-refractivity contribution in [2.24, 2.45) is 0 Å². The predicted octanol–water partition coefficient (Wildman–Crippen LogP) is 2.80. The Morgan fingerprint density at radius 1 is 1.12 bits per heavy atom. The van der Waals surface area contributed by atoms with E-state index in [1.807, 2.05) is 41.0 Å². The zero-order valence-corrected chi connectivity index (χ0v) is 13.6. The highest BCUT2D eigenvalue weighted by Gasteiger charge is 2.18. The highest BCUT2D eigenvalue weighted by Crippen LogP contribution is 2.38. The summed E-state index contributed by atoms with van der Waals surface area (Å²) in [5, 5.41) is 10.2. The molecule has 0 fully saturated rings. The number of benzene rings is 1. The third kappa shape index (κ3) is 2.44. The van der Waals surface area contributed by atoms with E-state index in [0.29, 0.717) is 12.4 Å². The van der Waals surface area contributed by atoms with E-state index in [1.165, 1.54) is 6.33 Å². The summed E-state index contributed by atoms with van der Waals surface area (Å²) in [7, 11) is 0. The number of imidazole rings is 1. The van der Waals surface area contributed by atoms with Gasteiger partial charge in [0.25, 0.3) is 0 Å². The summed E-state index contributed by atoms with van der Waals surface area (Å²) >= 11 is 1.54. The van der Waals surface area contributed by atoms with Gasteiger partial charge in [0.1, 0.15) is 17.0 Å². The van der Waals surface area contributed by atoms with E-state index in [1.54, 1.807) is 17.7 Å². The van der Waals surface area contributed by atoms with Crippen LogP contribution < -0.4 is 5.73 Å². The first-order valence-corrected chi connectivity index (χ1v) is 8.31. The molecule has 0 bridgehead atoms. The lowest BCUT2D eigenvalue weighted by Gasteiger charge is -2.07. The van der Waals surface area contributed by atoms with Crippen molar-refractivity contribution >= 4 is 27.4 Å². The van der Waals surface area contributed by atoms with E-state index in [0.717, 1.165) is 32.0 Å². The number of fused-ring (bicyclic) bond motifs is 1. The SMILES string of the molecule is Nc1ncnc2sc(-c3c(-c4ccccc4)ncn3CCO)cc12. The van der Waals surface area contributed by atoms with Gasteiger partial charge in [-0.15, -0.1) is 11.3 Å². The van der Waals surface area contributed by atoms with Gasteiger partial charge in [-0.1, -0.05) is 30.3 Å². The Bertz CT molecular complexity index is 993. The molecule has 0 aliphatic heterocycles. The minimum atomic E-state index is 0.0461. The maximum atomic E-state index is 9.37. The Morgan fingerprint density at radius 2 is 1.96 bits per heavy atom. The van der Waals surface area contributed by atoms with Crippen molar-refractivity contribution in [2.75, 3.05) is 12.3 Å². The molecule has 120 valence electrons. The maximum absolute atomic E-state index is 9.37. The molecule has 3 aromatic heterocycles. The van der Waals surface area contributed by atoms with Crippen molar-refractivity contribution in [1.29, 1.82) is 0 Å².